The Morgan fingerprint density at radius 1 is 1.27 bits per heavy atom. The standard InChI is InChI=1S/C17H14ClF3N2OS2/c1-24-14-3-2-10(8-11(14)18)22-17(25)23-4-5-26-16(23)15-12(20)6-9(19)7-13(15)21/h2-3,6-8,16H,4-5H2,1H3,(H,22,25)/t16-/m0/s1. The van der Waals surface area contributed by atoms with Crippen molar-refractivity contribution >= 4 is 46.4 Å². The summed E-state index contributed by atoms with van der Waals surface area (Å²) in [5.74, 6) is -1.66. The first-order valence-corrected chi connectivity index (χ1v) is 9.41. The molecule has 138 valence electrons. The molecular formula is C17H14ClF3N2OS2. The summed E-state index contributed by atoms with van der Waals surface area (Å²) in [7, 11) is 1.51. The van der Waals surface area contributed by atoms with Crippen LogP contribution in [0.2, 0.25) is 5.02 Å². The summed E-state index contributed by atoms with van der Waals surface area (Å²) in [5.41, 5.74) is 0.419. The van der Waals surface area contributed by atoms with Crippen LogP contribution in [0.4, 0.5) is 18.9 Å². The van der Waals surface area contributed by atoms with Gasteiger partial charge in [-0.05, 0) is 30.4 Å². The fourth-order valence-corrected chi connectivity index (χ4v) is 4.59. The molecule has 1 aliphatic rings. The van der Waals surface area contributed by atoms with Crippen molar-refractivity contribution in [2.45, 2.75) is 5.37 Å². The summed E-state index contributed by atoms with van der Waals surface area (Å²) >= 11 is 12.8. The molecule has 1 saturated heterocycles. The van der Waals surface area contributed by atoms with Crippen LogP contribution < -0.4 is 10.1 Å². The summed E-state index contributed by atoms with van der Waals surface area (Å²) in [4.78, 5) is 1.66. The number of benzene rings is 2. The largest absolute Gasteiger partial charge is 0.495 e. The van der Waals surface area contributed by atoms with Crippen molar-refractivity contribution < 1.29 is 17.9 Å². The van der Waals surface area contributed by atoms with E-state index in [1.54, 1.807) is 23.1 Å². The lowest BCUT2D eigenvalue weighted by molar-refractivity contribution is 0.415. The van der Waals surface area contributed by atoms with E-state index >= 15 is 0 Å². The number of thiocarbonyl (C=S) groups is 1. The Balaban J connectivity index is 1.82. The van der Waals surface area contributed by atoms with Gasteiger partial charge in [-0.2, -0.15) is 0 Å². The predicted octanol–water partition coefficient (Wildman–Crippen LogP) is 5.21. The number of halogens is 4. The third kappa shape index (κ3) is 3.87. The van der Waals surface area contributed by atoms with Gasteiger partial charge in [-0.15, -0.1) is 11.8 Å². The highest BCUT2D eigenvalue weighted by Gasteiger charge is 2.33. The predicted molar refractivity (Wildman–Crippen MR) is 102 cm³/mol. The van der Waals surface area contributed by atoms with E-state index in [1.807, 2.05) is 0 Å². The molecule has 0 amide bonds. The lowest BCUT2D eigenvalue weighted by Gasteiger charge is -2.27. The molecule has 2 aromatic rings. The average molecular weight is 419 g/mol. The van der Waals surface area contributed by atoms with Crippen molar-refractivity contribution in [2.75, 3.05) is 24.7 Å². The molecule has 0 aromatic heterocycles. The van der Waals surface area contributed by atoms with Gasteiger partial charge in [0.2, 0.25) is 0 Å². The maximum absolute atomic E-state index is 14.1. The van der Waals surface area contributed by atoms with E-state index in [-0.39, 0.29) is 5.56 Å². The van der Waals surface area contributed by atoms with Crippen molar-refractivity contribution in [1.29, 1.82) is 0 Å². The molecule has 0 saturated carbocycles. The molecule has 1 heterocycles. The molecule has 3 rings (SSSR count). The molecule has 26 heavy (non-hydrogen) atoms. The number of rotatable bonds is 3. The fraction of sp³-hybridized carbons (Fsp3) is 0.235. The number of methoxy groups -OCH3 is 1. The van der Waals surface area contributed by atoms with E-state index in [0.717, 1.165) is 0 Å². The number of ether oxygens (including phenoxy) is 1. The first kappa shape index (κ1) is 19.1. The second-order valence-corrected chi connectivity index (χ2v) is 7.46. The molecule has 0 spiro atoms. The van der Waals surface area contributed by atoms with Crippen LogP contribution >= 0.6 is 35.6 Å². The van der Waals surface area contributed by atoms with Gasteiger partial charge in [0.25, 0.3) is 0 Å². The Morgan fingerprint density at radius 2 is 1.96 bits per heavy atom. The second-order valence-electron chi connectivity index (χ2n) is 5.48. The summed E-state index contributed by atoms with van der Waals surface area (Å²) in [6, 6.07) is 6.41. The Kier molecular flexibility index (Phi) is 5.84. The zero-order valence-corrected chi connectivity index (χ0v) is 16.0. The van der Waals surface area contributed by atoms with Crippen molar-refractivity contribution in [3.05, 3.63) is 58.4 Å². The van der Waals surface area contributed by atoms with E-state index in [4.69, 9.17) is 28.6 Å². The Labute approximate surface area is 163 Å². The third-order valence-electron chi connectivity index (χ3n) is 3.85. The Hall–Kier alpha value is -1.64. The van der Waals surface area contributed by atoms with Crippen LogP contribution in [0.25, 0.3) is 0 Å². The molecule has 1 N–H and O–H groups in total. The lowest BCUT2D eigenvalue weighted by Crippen LogP contribution is -2.34. The zero-order chi connectivity index (χ0) is 18.8. The van der Waals surface area contributed by atoms with Gasteiger partial charge in [-0.25, -0.2) is 13.2 Å². The summed E-state index contributed by atoms with van der Waals surface area (Å²) in [5, 5.41) is 3.04. The number of nitrogens with one attached hydrogen (secondary N) is 1. The highest BCUT2D eigenvalue weighted by atomic mass is 35.5. The van der Waals surface area contributed by atoms with Gasteiger partial charge in [0, 0.05) is 30.1 Å². The van der Waals surface area contributed by atoms with Gasteiger partial charge in [-0.1, -0.05) is 11.6 Å². The van der Waals surface area contributed by atoms with Gasteiger partial charge in [0.1, 0.15) is 28.6 Å². The molecule has 0 bridgehead atoms. The topological polar surface area (TPSA) is 24.5 Å². The van der Waals surface area contributed by atoms with Gasteiger partial charge in [0.15, 0.2) is 5.11 Å². The van der Waals surface area contributed by atoms with Crippen LogP contribution in [0.15, 0.2) is 30.3 Å². The van der Waals surface area contributed by atoms with Crippen LogP contribution in [0.5, 0.6) is 5.75 Å². The first-order valence-electron chi connectivity index (χ1n) is 7.58. The van der Waals surface area contributed by atoms with Crippen LogP contribution in [-0.2, 0) is 0 Å². The molecule has 1 atom stereocenters. The molecule has 3 nitrogen and oxygen atoms in total. The minimum Gasteiger partial charge on any atom is -0.495 e. The van der Waals surface area contributed by atoms with E-state index in [0.29, 0.717) is 46.0 Å². The molecule has 0 unspecified atom stereocenters. The smallest absolute Gasteiger partial charge is 0.174 e. The van der Waals surface area contributed by atoms with E-state index < -0.39 is 22.8 Å². The Bertz CT molecular complexity index is 830. The monoisotopic (exact) mass is 418 g/mol. The normalized spacial score (nSPS) is 16.7. The molecule has 2 aromatic carbocycles. The molecule has 1 aliphatic heterocycles. The van der Waals surface area contributed by atoms with Crippen LogP contribution in [0.3, 0.4) is 0 Å². The van der Waals surface area contributed by atoms with Gasteiger partial charge < -0.3 is 15.0 Å². The summed E-state index contributed by atoms with van der Waals surface area (Å²) in [6.07, 6.45) is 0. The Morgan fingerprint density at radius 3 is 2.58 bits per heavy atom. The minimum atomic E-state index is -0.952. The average Bonchev–Trinajstić information content (AvgIpc) is 3.03. The van der Waals surface area contributed by atoms with E-state index in [1.165, 1.54) is 18.9 Å². The molecule has 0 radical (unpaired) electrons. The number of hydrogen-bond acceptors (Lipinski definition) is 3. The van der Waals surface area contributed by atoms with Crippen LogP contribution in [0.1, 0.15) is 10.9 Å². The maximum atomic E-state index is 14.1. The maximum Gasteiger partial charge on any atom is 0.174 e. The van der Waals surface area contributed by atoms with Crippen LogP contribution in [0, 0.1) is 17.5 Å². The van der Waals surface area contributed by atoms with Gasteiger partial charge >= 0.3 is 0 Å². The molecular weight excluding hydrogens is 405 g/mol. The number of nitrogens with zero attached hydrogens (tertiary/aromatic N) is 1. The summed E-state index contributed by atoms with van der Waals surface area (Å²) in [6.45, 7) is 0.501. The van der Waals surface area contributed by atoms with E-state index in [2.05, 4.69) is 5.32 Å². The van der Waals surface area contributed by atoms with Crippen LogP contribution in [-0.4, -0.2) is 29.4 Å². The van der Waals surface area contributed by atoms with Crippen molar-refractivity contribution in [3.8, 4) is 5.75 Å². The molecule has 0 aliphatic carbocycles. The molecule has 1 fully saturated rings. The highest BCUT2D eigenvalue weighted by Crippen LogP contribution is 2.41. The second kappa shape index (κ2) is 7.94. The van der Waals surface area contributed by atoms with Gasteiger partial charge in [0.05, 0.1) is 17.7 Å². The minimum absolute atomic E-state index is 0.203. The lowest BCUT2D eigenvalue weighted by atomic mass is 10.1. The third-order valence-corrected chi connectivity index (χ3v) is 5.70. The fourth-order valence-electron chi connectivity index (χ4n) is 2.65. The quantitative estimate of drug-likeness (QED) is 0.690. The summed E-state index contributed by atoms with van der Waals surface area (Å²) < 4.78 is 46.6. The number of anilines is 1. The van der Waals surface area contributed by atoms with Crippen molar-refractivity contribution in [3.63, 3.8) is 0 Å². The van der Waals surface area contributed by atoms with Gasteiger partial charge in [-0.3, -0.25) is 0 Å². The van der Waals surface area contributed by atoms with Crippen molar-refractivity contribution in [1.82, 2.24) is 4.90 Å². The first-order chi connectivity index (χ1) is 12.4. The van der Waals surface area contributed by atoms with E-state index in [9.17, 15) is 13.2 Å². The SMILES string of the molecule is COc1ccc(NC(=S)N2CCS[C@H]2c2c(F)cc(F)cc2F)cc1Cl. The highest BCUT2D eigenvalue weighted by molar-refractivity contribution is 7.99. The zero-order valence-electron chi connectivity index (χ0n) is 13.6. The number of thioether (sulfide) groups is 1. The molecule has 9 heteroatoms. The van der Waals surface area contributed by atoms with Crippen molar-refractivity contribution in [2.24, 2.45) is 0 Å². The number of hydrogen-bond donors (Lipinski definition) is 1.